The van der Waals surface area contributed by atoms with Crippen LogP contribution < -0.4 is 0 Å². The molecule has 0 saturated carbocycles. The average molecular weight is 130 g/mol. The minimum absolute atomic E-state index is 1.16. The summed E-state index contributed by atoms with van der Waals surface area (Å²) < 4.78 is 0. The zero-order valence-corrected chi connectivity index (χ0v) is 5.31. The van der Waals surface area contributed by atoms with Crippen molar-refractivity contribution in [1.29, 1.82) is 0 Å². The second-order valence-corrected chi connectivity index (χ2v) is 2.55. The molecule has 2 N–H and O–H groups in total. The van der Waals surface area contributed by atoms with Crippen molar-refractivity contribution in [2.24, 2.45) is 0 Å². The van der Waals surface area contributed by atoms with E-state index in [-0.39, 0.29) is 0 Å². The Hall–Kier alpha value is -1.44. The molecule has 0 atom stereocenters. The van der Waals surface area contributed by atoms with Gasteiger partial charge in [0.1, 0.15) is 11.3 Å². The predicted molar refractivity (Wildman–Crippen MR) is 41.3 cm³/mol. The monoisotopic (exact) mass is 130 g/mol. The van der Waals surface area contributed by atoms with Gasteiger partial charge in [-0.25, -0.2) is 0 Å². The number of benzene rings is 1. The van der Waals surface area contributed by atoms with Crippen LogP contribution in [0.25, 0.3) is 22.1 Å². The Morgan fingerprint density at radius 2 is 1.30 bits per heavy atom. The molecule has 2 nitrogen and oxygen atoms in total. The van der Waals surface area contributed by atoms with Crippen molar-refractivity contribution in [2.75, 3.05) is 0 Å². The summed E-state index contributed by atoms with van der Waals surface area (Å²) in [7, 11) is 0. The van der Waals surface area contributed by atoms with Crippen molar-refractivity contribution < 1.29 is 0 Å². The molecule has 3 heterocycles. The third-order valence-corrected chi connectivity index (χ3v) is 1.97. The molecule has 0 radical (unpaired) electrons. The lowest BCUT2D eigenvalue weighted by Crippen LogP contribution is -1.79. The van der Waals surface area contributed by atoms with Crippen molar-refractivity contribution in [3.8, 4) is 0 Å². The fourth-order valence-corrected chi connectivity index (χ4v) is 1.44. The minimum Gasteiger partial charge on any atom is -0.327 e. The summed E-state index contributed by atoms with van der Waals surface area (Å²) in [5.41, 5.74) is 2.32. The summed E-state index contributed by atoms with van der Waals surface area (Å²) in [4.78, 5) is 6.41. The van der Waals surface area contributed by atoms with Crippen molar-refractivity contribution in [2.45, 2.75) is 0 Å². The first-order chi connectivity index (χ1) is 4.95. The summed E-state index contributed by atoms with van der Waals surface area (Å²) in [6.07, 6.45) is 0. The van der Waals surface area contributed by atoms with Gasteiger partial charge in [-0.1, -0.05) is 24.3 Å². The molecule has 3 aromatic heterocycles. The average Bonchev–Trinajstić information content (AvgIpc) is 2.36. The molecule has 2 heteroatoms. The van der Waals surface area contributed by atoms with Gasteiger partial charge in [-0.05, 0) is 0 Å². The molecule has 0 saturated heterocycles. The Morgan fingerprint density at radius 1 is 0.800 bits per heavy atom. The minimum atomic E-state index is 1.16. The van der Waals surface area contributed by atoms with Crippen LogP contribution in [0.4, 0.5) is 0 Å². The highest BCUT2D eigenvalue weighted by Gasteiger charge is 2.07. The van der Waals surface area contributed by atoms with E-state index in [1.54, 1.807) is 0 Å². The summed E-state index contributed by atoms with van der Waals surface area (Å²) in [5, 5.41) is 2.61. The fourth-order valence-electron chi connectivity index (χ4n) is 1.44. The van der Waals surface area contributed by atoms with Gasteiger partial charge in [0.15, 0.2) is 0 Å². The van der Waals surface area contributed by atoms with E-state index < -0.39 is 0 Å². The van der Waals surface area contributed by atoms with Gasteiger partial charge in [-0.15, -0.1) is 0 Å². The molecule has 48 valence electrons. The summed E-state index contributed by atoms with van der Waals surface area (Å²) in [6, 6.07) is 8.34. The highest BCUT2D eigenvalue weighted by atomic mass is 15.0. The van der Waals surface area contributed by atoms with Crippen LogP contribution in [0.1, 0.15) is 0 Å². The molecule has 0 aliphatic carbocycles. The van der Waals surface area contributed by atoms with Gasteiger partial charge in [-0.3, -0.25) is 0 Å². The lowest BCUT2D eigenvalue weighted by molar-refractivity contribution is 1.28. The normalized spacial score (nSPS) is 12.0. The van der Waals surface area contributed by atoms with E-state index in [1.807, 2.05) is 0 Å². The van der Waals surface area contributed by atoms with Crippen molar-refractivity contribution in [1.82, 2.24) is 9.97 Å². The topological polar surface area (TPSA) is 31.6 Å². The first-order valence-electron chi connectivity index (χ1n) is 3.33. The molecule has 1 aromatic carbocycles. The molecule has 4 aromatic rings. The standard InChI is InChI=1S/C8H6N2/c1-2-4-6-5(3-1)7-9-8(6)10-7/h1-4,9-10H. The van der Waals surface area contributed by atoms with Crippen LogP contribution in [-0.4, -0.2) is 9.97 Å². The maximum atomic E-state index is 3.20. The van der Waals surface area contributed by atoms with Gasteiger partial charge >= 0.3 is 0 Å². The molecule has 2 bridgehead atoms. The summed E-state index contributed by atoms with van der Waals surface area (Å²) in [5.74, 6) is 0. The van der Waals surface area contributed by atoms with E-state index in [0.717, 1.165) is 11.3 Å². The van der Waals surface area contributed by atoms with Crippen LogP contribution in [0.2, 0.25) is 0 Å². The van der Waals surface area contributed by atoms with Gasteiger partial charge in [0.25, 0.3) is 0 Å². The summed E-state index contributed by atoms with van der Waals surface area (Å²) in [6.45, 7) is 0. The Kier molecular flexibility index (Phi) is 0.520. The molecule has 0 unspecified atom stereocenters. The van der Waals surface area contributed by atoms with Crippen LogP contribution in [0, 0.1) is 0 Å². The van der Waals surface area contributed by atoms with E-state index in [1.165, 1.54) is 10.8 Å². The van der Waals surface area contributed by atoms with E-state index in [9.17, 15) is 0 Å². The van der Waals surface area contributed by atoms with Gasteiger partial charge in [0, 0.05) is 10.8 Å². The third-order valence-electron chi connectivity index (χ3n) is 1.97. The van der Waals surface area contributed by atoms with Crippen LogP contribution >= 0.6 is 0 Å². The second kappa shape index (κ2) is 1.19. The fraction of sp³-hybridized carbons (Fsp3) is 0. The second-order valence-electron chi connectivity index (χ2n) is 2.55. The maximum Gasteiger partial charge on any atom is 0.118 e. The number of hydrogen-bond acceptors (Lipinski definition) is 0. The van der Waals surface area contributed by atoms with Gasteiger partial charge in [0.05, 0.1) is 0 Å². The number of H-pyrrole nitrogens is 2. The Morgan fingerprint density at radius 3 is 1.80 bits per heavy atom. The molecule has 4 rings (SSSR count). The first-order valence-corrected chi connectivity index (χ1v) is 3.33. The Balaban J connectivity index is 2.78. The van der Waals surface area contributed by atoms with Gasteiger partial charge in [-0.2, -0.15) is 0 Å². The van der Waals surface area contributed by atoms with Crippen LogP contribution in [0.15, 0.2) is 24.3 Å². The van der Waals surface area contributed by atoms with Crippen LogP contribution in [0.5, 0.6) is 0 Å². The molecular formula is C8H6N2. The molecule has 0 aliphatic rings. The molecule has 0 aliphatic heterocycles. The number of hydrogen-bond donors (Lipinski definition) is 2. The zero-order chi connectivity index (χ0) is 6.55. The lowest BCUT2D eigenvalue weighted by Gasteiger charge is -1.88. The molecule has 10 heavy (non-hydrogen) atoms. The highest BCUT2D eigenvalue weighted by molar-refractivity contribution is 6.08. The zero-order valence-electron chi connectivity index (χ0n) is 5.31. The molecular weight excluding hydrogens is 124 g/mol. The largest absolute Gasteiger partial charge is 0.327 e. The van der Waals surface area contributed by atoms with E-state index >= 15 is 0 Å². The summed E-state index contributed by atoms with van der Waals surface area (Å²) >= 11 is 0. The third kappa shape index (κ3) is 0.310. The number of aromatic nitrogens is 2. The highest BCUT2D eigenvalue weighted by Crippen LogP contribution is 2.26. The number of nitrogens with one attached hydrogen (secondary N) is 2. The predicted octanol–water partition coefficient (Wildman–Crippen LogP) is 2.09. The maximum absolute atomic E-state index is 3.20. The van der Waals surface area contributed by atoms with E-state index in [0.29, 0.717) is 0 Å². The smallest absolute Gasteiger partial charge is 0.118 e. The van der Waals surface area contributed by atoms with E-state index in [2.05, 4.69) is 34.2 Å². The van der Waals surface area contributed by atoms with Crippen molar-refractivity contribution in [3.05, 3.63) is 24.3 Å². The van der Waals surface area contributed by atoms with Crippen LogP contribution in [-0.2, 0) is 0 Å². The number of aromatic amines is 2. The van der Waals surface area contributed by atoms with Crippen molar-refractivity contribution >= 4 is 22.1 Å². The Bertz CT molecular complexity index is 406. The first kappa shape index (κ1) is 4.39. The van der Waals surface area contributed by atoms with E-state index in [4.69, 9.17) is 0 Å². The molecule has 0 fully saturated rings. The SMILES string of the molecule is c1ccc2c3[nH]c([nH]3)c2c1. The van der Waals surface area contributed by atoms with Crippen molar-refractivity contribution in [3.63, 3.8) is 0 Å². The lowest BCUT2D eigenvalue weighted by atomic mass is 10.2. The molecule has 0 spiro atoms. The Labute approximate surface area is 57.2 Å². The van der Waals surface area contributed by atoms with Gasteiger partial charge in [0.2, 0.25) is 0 Å². The number of rotatable bonds is 0. The quantitative estimate of drug-likeness (QED) is 0.467. The van der Waals surface area contributed by atoms with Gasteiger partial charge < -0.3 is 9.97 Å². The molecule has 0 amide bonds. The van der Waals surface area contributed by atoms with Crippen LogP contribution in [0.3, 0.4) is 0 Å².